The predicted molar refractivity (Wildman–Crippen MR) is 98.6 cm³/mol. The first-order valence-corrected chi connectivity index (χ1v) is 8.94. The lowest BCUT2D eigenvalue weighted by atomic mass is 9.99. The molecule has 1 fully saturated rings. The van der Waals surface area contributed by atoms with Gasteiger partial charge < -0.3 is 40.1 Å². The number of aryl methyl sites for hydroxylation is 2. The number of ether oxygens (including phenoxy) is 2. The van der Waals surface area contributed by atoms with Gasteiger partial charge in [-0.1, -0.05) is 12.1 Å². The molecule has 1 aliphatic rings. The summed E-state index contributed by atoms with van der Waals surface area (Å²) >= 11 is 0. The number of aliphatic hydroxyl groups excluding tert-OH is 3. The second-order valence-electron chi connectivity index (χ2n) is 6.85. The fourth-order valence-electron chi connectivity index (χ4n) is 3.09. The lowest BCUT2D eigenvalue weighted by Crippen LogP contribution is -2.61. The molecule has 1 heterocycles. The van der Waals surface area contributed by atoms with Crippen LogP contribution in [0.1, 0.15) is 11.1 Å². The van der Waals surface area contributed by atoms with E-state index >= 15 is 0 Å². The van der Waals surface area contributed by atoms with E-state index in [4.69, 9.17) is 14.6 Å². The highest BCUT2D eigenvalue weighted by atomic mass is 16.7. The van der Waals surface area contributed by atoms with Crippen LogP contribution in [0, 0.1) is 0 Å². The topological polar surface area (TPSA) is 157 Å². The zero-order valence-electron chi connectivity index (χ0n) is 15.3. The third kappa shape index (κ3) is 4.96. The van der Waals surface area contributed by atoms with Gasteiger partial charge in [-0.3, -0.25) is 0 Å². The Hall–Kier alpha value is -2.85. The highest BCUT2D eigenvalue weighted by molar-refractivity contribution is 5.73. The van der Waals surface area contributed by atoms with Gasteiger partial charge in [-0.15, -0.1) is 0 Å². The summed E-state index contributed by atoms with van der Waals surface area (Å²) in [7, 11) is 0. The molecule has 2 aromatic rings. The fraction of sp³-hybridized carbons (Fsp3) is 0.350. The van der Waals surface area contributed by atoms with Crippen LogP contribution in [0.3, 0.4) is 0 Å². The Morgan fingerprint density at radius 3 is 2.17 bits per heavy atom. The number of hydrogen-bond acceptors (Lipinski definition) is 8. The van der Waals surface area contributed by atoms with Crippen LogP contribution in [0.2, 0.25) is 0 Å². The Morgan fingerprint density at radius 2 is 1.52 bits per heavy atom. The zero-order valence-corrected chi connectivity index (χ0v) is 15.3. The van der Waals surface area contributed by atoms with Gasteiger partial charge >= 0.3 is 5.97 Å². The Morgan fingerprint density at radius 1 is 0.862 bits per heavy atom. The highest BCUT2D eigenvalue weighted by Gasteiger charge is 2.48. The number of carboxylic acids is 1. The lowest BCUT2D eigenvalue weighted by molar-refractivity contribution is -0.271. The molecule has 0 saturated carbocycles. The van der Waals surface area contributed by atoms with Crippen molar-refractivity contribution in [2.24, 2.45) is 0 Å². The molecule has 9 heteroatoms. The SMILES string of the molecule is O=C(O)[C@H]1O[C@@H](Oc2cc(O)cc(CCc3ccc(O)cc3)c2)[C@H](O)[C@@H](O)[C@@H]1O. The van der Waals surface area contributed by atoms with Crippen molar-refractivity contribution in [3.8, 4) is 17.2 Å². The first kappa shape index (κ1) is 20.9. The molecule has 3 rings (SSSR count). The number of benzene rings is 2. The molecule has 6 N–H and O–H groups in total. The maximum Gasteiger partial charge on any atom is 0.335 e. The van der Waals surface area contributed by atoms with Crippen molar-refractivity contribution < 1.29 is 44.9 Å². The van der Waals surface area contributed by atoms with Crippen molar-refractivity contribution in [1.29, 1.82) is 0 Å². The Balaban J connectivity index is 1.71. The third-order valence-corrected chi connectivity index (χ3v) is 4.65. The molecule has 0 radical (unpaired) electrons. The Bertz CT molecular complexity index is 852. The number of phenolic OH excluding ortho intramolecular Hbond substituents is 2. The molecule has 0 spiro atoms. The molecular weight excluding hydrogens is 384 g/mol. The number of aliphatic carboxylic acids is 1. The normalized spacial score (nSPS) is 26.8. The maximum atomic E-state index is 11.2. The summed E-state index contributed by atoms with van der Waals surface area (Å²) in [6, 6.07) is 11.1. The molecular formula is C20H22O9. The molecule has 29 heavy (non-hydrogen) atoms. The molecule has 156 valence electrons. The number of rotatable bonds is 6. The second kappa shape index (κ2) is 8.66. The number of hydrogen-bond donors (Lipinski definition) is 6. The third-order valence-electron chi connectivity index (χ3n) is 4.65. The summed E-state index contributed by atoms with van der Waals surface area (Å²) in [4.78, 5) is 11.2. The summed E-state index contributed by atoms with van der Waals surface area (Å²) in [5.41, 5.74) is 1.68. The Kier molecular flexibility index (Phi) is 6.23. The molecule has 0 aromatic heterocycles. The zero-order chi connectivity index (χ0) is 21.1. The van der Waals surface area contributed by atoms with Crippen LogP contribution in [-0.2, 0) is 22.4 Å². The minimum Gasteiger partial charge on any atom is -0.508 e. The first-order chi connectivity index (χ1) is 13.7. The summed E-state index contributed by atoms with van der Waals surface area (Å²) in [5.74, 6) is -1.35. The van der Waals surface area contributed by atoms with E-state index in [1.165, 1.54) is 12.1 Å². The van der Waals surface area contributed by atoms with E-state index < -0.39 is 36.7 Å². The van der Waals surface area contributed by atoms with Crippen molar-refractivity contribution in [2.75, 3.05) is 0 Å². The number of carboxylic acid groups (broad SMARTS) is 1. The summed E-state index contributed by atoms with van der Waals surface area (Å²) < 4.78 is 10.5. The van der Waals surface area contributed by atoms with Crippen molar-refractivity contribution in [1.82, 2.24) is 0 Å². The molecule has 1 aliphatic heterocycles. The number of aromatic hydroxyl groups is 2. The van der Waals surface area contributed by atoms with Gasteiger partial charge in [0.1, 0.15) is 35.6 Å². The van der Waals surface area contributed by atoms with Gasteiger partial charge in [0, 0.05) is 6.07 Å². The van der Waals surface area contributed by atoms with E-state index in [0.717, 1.165) is 5.56 Å². The minimum absolute atomic E-state index is 0.0995. The molecule has 0 unspecified atom stereocenters. The molecule has 0 aliphatic carbocycles. The molecule has 5 atom stereocenters. The quantitative estimate of drug-likeness (QED) is 0.393. The van der Waals surface area contributed by atoms with Crippen molar-refractivity contribution in [2.45, 2.75) is 43.5 Å². The molecule has 2 aromatic carbocycles. The summed E-state index contributed by atoms with van der Waals surface area (Å²) in [6.45, 7) is 0. The smallest absolute Gasteiger partial charge is 0.335 e. The number of aliphatic hydroxyl groups is 3. The fourth-order valence-corrected chi connectivity index (χ4v) is 3.09. The van der Waals surface area contributed by atoms with Crippen molar-refractivity contribution >= 4 is 5.97 Å². The van der Waals surface area contributed by atoms with Crippen LogP contribution >= 0.6 is 0 Å². The van der Waals surface area contributed by atoms with E-state index in [0.29, 0.717) is 18.4 Å². The maximum absolute atomic E-state index is 11.2. The van der Waals surface area contributed by atoms with Crippen molar-refractivity contribution in [3.63, 3.8) is 0 Å². The van der Waals surface area contributed by atoms with Gasteiger partial charge in [0.15, 0.2) is 6.10 Å². The molecule has 1 saturated heterocycles. The molecule has 9 nitrogen and oxygen atoms in total. The lowest BCUT2D eigenvalue weighted by Gasteiger charge is -2.38. The standard InChI is InChI=1S/C20H22O9/c21-12-5-3-10(4-6-12)1-2-11-7-13(22)9-14(8-11)28-20-17(25)15(23)16(24)18(29-20)19(26)27/h3-9,15-18,20-25H,1-2H2,(H,26,27)/t15-,16-,17+,18-,20+/m0/s1. The van der Waals surface area contributed by atoms with Crippen LogP contribution in [-0.4, -0.2) is 67.3 Å². The van der Waals surface area contributed by atoms with E-state index in [1.807, 2.05) is 0 Å². The number of carbonyl (C=O) groups is 1. The van der Waals surface area contributed by atoms with Crippen LogP contribution in [0.25, 0.3) is 0 Å². The highest BCUT2D eigenvalue weighted by Crippen LogP contribution is 2.28. The van der Waals surface area contributed by atoms with E-state index in [1.54, 1.807) is 30.3 Å². The Labute approximate surface area is 166 Å². The van der Waals surface area contributed by atoms with Gasteiger partial charge in [0.05, 0.1) is 0 Å². The van der Waals surface area contributed by atoms with E-state index in [2.05, 4.69) is 0 Å². The van der Waals surface area contributed by atoms with Gasteiger partial charge in [0.2, 0.25) is 6.29 Å². The molecule has 0 bridgehead atoms. The minimum atomic E-state index is -1.81. The van der Waals surface area contributed by atoms with Gasteiger partial charge in [0.25, 0.3) is 0 Å². The average Bonchev–Trinajstić information content (AvgIpc) is 2.67. The number of phenols is 2. The van der Waals surface area contributed by atoms with Crippen LogP contribution in [0.5, 0.6) is 17.2 Å². The van der Waals surface area contributed by atoms with Crippen molar-refractivity contribution in [3.05, 3.63) is 53.6 Å². The predicted octanol–water partition coefficient (Wildman–Crippen LogP) is 0.154. The molecule has 0 amide bonds. The van der Waals surface area contributed by atoms with Crippen LogP contribution in [0.4, 0.5) is 0 Å². The second-order valence-corrected chi connectivity index (χ2v) is 6.85. The largest absolute Gasteiger partial charge is 0.508 e. The van der Waals surface area contributed by atoms with Gasteiger partial charge in [-0.2, -0.15) is 0 Å². The summed E-state index contributed by atoms with van der Waals surface area (Å²) in [5, 5.41) is 58.0. The van der Waals surface area contributed by atoms with Gasteiger partial charge in [-0.25, -0.2) is 4.79 Å². The monoisotopic (exact) mass is 406 g/mol. The van der Waals surface area contributed by atoms with Crippen LogP contribution in [0.15, 0.2) is 42.5 Å². The van der Waals surface area contributed by atoms with E-state index in [-0.39, 0.29) is 17.2 Å². The van der Waals surface area contributed by atoms with E-state index in [9.17, 15) is 30.3 Å². The summed E-state index contributed by atoms with van der Waals surface area (Å²) in [6.07, 6.45) is -7.46. The van der Waals surface area contributed by atoms with Crippen LogP contribution < -0.4 is 4.74 Å². The first-order valence-electron chi connectivity index (χ1n) is 8.94. The average molecular weight is 406 g/mol. The van der Waals surface area contributed by atoms with Gasteiger partial charge in [-0.05, 0) is 48.2 Å².